The van der Waals surface area contributed by atoms with Gasteiger partial charge in [0.15, 0.2) is 5.70 Å². The maximum Gasteiger partial charge on any atom is 0.270 e. The molecule has 0 bridgehead atoms. The lowest BCUT2D eigenvalue weighted by molar-refractivity contribution is -0.384. The van der Waals surface area contributed by atoms with Crippen molar-refractivity contribution in [3.63, 3.8) is 0 Å². The number of hydrogen-bond donors (Lipinski definition) is 3. The van der Waals surface area contributed by atoms with Gasteiger partial charge in [0.2, 0.25) is 0 Å². The number of hydrazine groups is 1. The molecule has 0 heterocycles. The van der Waals surface area contributed by atoms with Crippen LogP contribution < -0.4 is 17.0 Å². The molecule has 0 aromatic heterocycles. The van der Waals surface area contributed by atoms with E-state index >= 15 is 0 Å². The van der Waals surface area contributed by atoms with Crippen LogP contribution in [0.15, 0.2) is 54.2 Å². The summed E-state index contributed by atoms with van der Waals surface area (Å²) in [5.74, 6) is 5.21. The van der Waals surface area contributed by atoms with E-state index in [2.05, 4.69) is 5.43 Å². The fourth-order valence-corrected chi connectivity index (χ4v) is 1.96. The number of nitriles is 1. The normalized spacial score (nSPS) is 11.3. The largest absolute Gasteiger partial charge is 0.396 e. The molecule has 2 aromatic carbocycles. The van der Waals surface area contributed by atoms with Gasteiger partial charge >= 0.3 is 0 Å². The zero-order chi connectivity index (χ0) is 16.1. The molecule has 0 fully saturated rings. The molecule has 7 heteroatoms. The molecule has 0 saturated heterocycles. The lowest BCUT2D eigenvalue weighted by Gasteiger charge is -2.07. The molecule has 0 unspecified atom stereocenters. The van der Waals surface area contributed by atoms with Gasteiger partial charge in [0.25, 0.3) is 5.69 Å². The van der Waals surface area contributed by atoms with Crippen molar-refractivity contribution < 1.29 is 4.92 Å². The van der Waals surface area contributed by atoms with E-state index in [9.17, 15) is 10.1 Å². The fraction of sp³-hybridized carbons (Fsp3) is 0. The van der Waals surface area contributed by atoms with Gasteiger partial charge in [0, 0.05) is 17.7 Å². The summed E-state index contributed by atoms with van der Waals surface area (Å²) >= 11 is 0. The van der Waals surface area contributed by atoms with Gasteiger partial charge in [-0.05, 0) is 11.1 Å². The summed E-state index contributed by atoms with van der Waals surface area (Å²) in [6.07, 6.45) is 0. The Bertz CT molecular complexity index is 775. The molecule has 0 spiro atoms. The van der Waals surface area contributed by atoms with E-state index in [1.54, 1.807) is 36.4 Å². The van der Waals surface area contributed by atoms with Crippen LogP contribution in [0.3, 0.4) is 0 Å². The first kappa shape index (κ1) is 15.0. The maximum atomic E-state index is 10.8. The Hall–Kier alpha value is -3.37. The third-order valence-electron chi connectivity index (χ3n) is 3.11. The summed E-state index contributed by atoms with van der Waals surface area (Å²) in [5, 5.41) is 19.7. The highest BCUT2D eigenvalue weighted by molar-refractivity contribution is 5.72. The molecule has 0 aliphatic heterocycles. The standard InChI is InChI=1S/C15H13N5O2/c16-9-14(19-18)15(17)11-6-4-10(5-7-11)12-2-1-3-13(8-12)20(21)22/h1-8,19H,17-18H2/b15-14-. The molecule has 2 aromatic rings. The minimum absolute atomic E-state index is 0.0279. The number of nitro benzene ring substituents is 1. The lowest BCUT2D eigenvalue weighted by Crippen LogP contribution is -2.23. The van der Waals surface area contributed by atoms with E-state index in [0.717, 1.165) is 11.1 Å². The van der Waals surface area contributed by atoms with E-state index in [-0.39, 0.29) is 17.1 Å². The quantitative estimate of drug-likeness (QED) is 0.341. The summed E-state index contributed by atoms with van der Waals surface area (Å²) in [5.41, 5.74) is 10.6. The molecule has 2 rings (SSSR count). The molecule has 110 valence electrons. The predicted molar refractivity (Wildman–Crippen MR) is 82.6 cm³/mol. The van der Waals surface area contributed by atoms with Crippen molar-refractivity contribution in [1.29, 1.82) is 5.26 Å². The molecular formula is C15H13N5O2. The average Bonchev–Trinajstić information content (AvgIpc) is 2.56. The second kappa shape index (κ2) is 6.39. The predicted octanol–water partition coefficient (Wildman–Crippen LogP) is 1.88. The molecule has 22 heavy (non-hydrogen) atoms. The molecule has 0 aliphatic carbocycles. The Labute approximate surface area is 126 Å². The van der Waals surface area contributed by atoms with Crippen molar-refractivity contribution in [2.45, 2.75) is 0 Å². The Morgan fingerprint density at radius 1 is 1.18 bits per heavy atom. The topological polar surface area (TPSA) is 131 Å². The summed E-state index contributed by atoms with van der Waals surface area (Å²) in [6, 6.07) is 15.2. The molecule has 0 saturated carbocycles. The van der Waals surface area contributed by atoms with Crippen LogP contribution in [0, 0.1) is 21.4 Å². The van der Waals surface area contributed by atoms with Crippen LogP contribution in [0.2, 0.25) is 0 Å². The first-order valence-corrected chi connectivity index (χ1v) is 6.28. The van der Waals surface area contributed by atoms with Crippen molar-refractivity contribution in [3.05, 3.63) is 69.9 Å². The number of rotatable bonds is 4. The molecule has 0 amide bonds. The number of hydrogen-bond acceptors (Lipinski definition) is 6. The molecule has 7 nitrogen and oxygen atoms in total. The van der Waals surface area contributed by atoms with Crippen LogP contribution in [-0.2, 0) is 0 Å². The van der Waals surface area contributed by atoms with Crippen molar-refractivity contribution in [3.8, 4) is 17.2 Å². The van der Waals surface area contributed by atoms with Crippen LogP contribution in [0.4, 0.5) is 5.69 Å². The van der Waals surface area contributed by atoms with Crippen LogP contribution in [-0.4, -0.2) is 4.92 Å². The van der Waals surface area contributed by atoms with E-state index in [1.807, 2.05) is 6.07 Å². The first-order valence-electron chi connectivity index (χ1n) is 6.28. The number of nitrogens with one attached hydrogen (secondary N) is 1. The number of nitrogens with zero attached hydrogens (tertiary/aromatic N) is 2. The Kier molecular flexibility index (Phi) is 4.36. The highest BCUT2D eigenvalue weighted by Crippen LogP contribution is 2.25. The van der Waals surface area contributed by atoms with E-state index in [4.69, 9.17) is 16.8 Å². The molecular weight excluding hydrogens is 282 g/mol. The Balaban J connectivity index is 2.38. The van der Waals surface area contributed by atoms with Gasteiger partial charge in [-0.25, -0.2) is 5.84 Å². The minimum atomic E-state index is -0.440. The van der Waals surface area contributed by atoms with Crippen LogP contribution in [0.1, 0.15) is 5.56 Å². The highest BCUT2D eigenvalue weighted by Gasteiger charge is 2.08. The second-order valence-corrected chi connectivity index (χ2v) is 4.43. The van der Waals surface area contributed by atoms with Crippen molar-refractivity contribution in [2.75, 3.05) is 0 Å². The summed E-state index contributed by atoms with van der Waals surface area (Å²) < 4.78 is 0. The van der Waals surface area contributed by atoms with Gasteiger partial charge < -0.3 is 11.2 Å². The van der Waals surface area contributed by atoms with E-state index < -0.39 is 4.92 Å². The number of non-ortho nitro benzene ring substituents is 1. The smallest absolute Gasteiger partial charge is 0.270 e. The van der Waals surface area contributed by atoms with Gasteiger partial charge in [0.05, 0.1) is 10.6 Å². The monoisotopic (exact) mass is 295 g/mol. The van der Waals surface area contributed by atoms with Gasteiger partial charge in [0.1, 0.15) is 6.07 Å². The third kappa shape index (κ3) is 3.03. The van der Waals surface area contributed by atoms with Crippen molar-refractivity contribution in [1.82, 2.24) is 5.43 Å². The van der Waals surface area contributed by atoms with E-state index in [0.29, 0.717) is 5.56 Å². The highest BCUT2D eigenvalue weighted by atomic mass is 16.6. The molecule has 5 N–H and O–H groups in total. The van der Waals surface area contributed by atoms with Gasteiger partial charge in [-0.3, -0.25) is 10.1 Å². The van der Waals surface area contributed by atoms with Crippen LogP contribution in [0.25, 0.3) is 16.8 Å². The van der Waals surface area contributed by atoms with Gasteiger partial charge in [-0.1, -0.05) is 36.4 Å². The summed E-state index contributed by atoms with van der Waals surface area (Å²) in [6.45, 7) is 0. The first-order chi connectivity index (χ1) is 10.6. The summed E-state index contributed by atoms with van der Waals surface area (Å²) in [4.78, 5) is 10.4. The Morgan fingerprint density at radius 3 is 2.41 bits per heavy atom. The summed E-state index contributed by atoms with van der Waals surface area (Å²) in [7, 11) is 0. The van der Waals surface area contributed by atoms with Crippen molar-refractivity contribution in [2.24, 2.45) is 11.6 Å². The second-order valence-electron chi connectivity index (χ2n) is 4.43. The molecule has 0 atom stereocenters. The van der Waals surface area contributed by atoms with Crippen LogP contribution >= 0.6 is 0 Å². The maximum absolute atomic E-state index is 10.8. The molecule has 0 aliphatic rings. The van der Waals surface area contributed by atoms with Crippen LogP contribution in [0.5, 0.6) is 0 Å². The third-order valence-corrected chi connectivity index (χ3v) is 3.11. The number of allylic oxidation sites excluding steroid dienone is 1. The van der Waals surface area contributed by atoms with E-state index in [1.165, 1.54) is 12.1 Å². The van der Waals surface area contributed by atoms with Crippen molar-refractivity contribution >= 4 is 11.4 Å². The minimum Gasteiger partial charge on any atom is -0.396 e. The number of benzene rings is 2. The zero-order valence-corrected chi connectivity index (χ0v) is 11.5. The van der Waals surface area contributed by atoms with Gasteiger partial charge in [-0.15, -0.1) is 0 Å². The number of nitrogens with two attached hydrogens (primary N) is 2. The Morgan fingerprint density at radius 2 is 1.86 bits per heavy atom. The SMILES string of the molecule is N#C/C(NN)=C(/N)c1ccc(-c2cccc([N+](=O)[O-])c2)cc1. The molecule has 0 radical (unpaired) electrons. The average molecular weight is 295 g/mol. The number of nitro groups is 1. The van der Waals surface area contributed by atoms with Gasteiger partial charge in [-0.2, -0.15) is 5.26 Å². The zero-order valence-electron chi connectivity index (χ0n) is 11.5. The lowest BCUT2D eigenvalue weighted by atomic mass is 10.0. The fourth-order valence-electron chi connectivity index (χ4n) is 1.96.